The summed E-state index contributed by atoms with van der Waals surface area (Å²) in [5.74, 6) is 0.863. The molecule has 1 heterocycles. The maximum atomic E-state index is 12.3. The highest BCUT2D eigenvalue weighted by molar-refractivity contribution is 5.82. The molecule has 4 atom stereocenters. The van der Waals surface area contributed by atoms with Crippen molar-refractivity contribution in [3.8, 4) is 5.75 Å². The Bertz CT molecular complexity index is 563. The van der Waals surface area contributed by atoms with Crippen molar-refractivity contribution in [1.82, 2.24) is 5.32 Å². The van der Waals surface area contributed by atoms with E-state index in [0.717, 1.165) is 30.6 Å². The Kier molecular flexibility index (Phi) is 4.10. The van der Waals surface area contributed by atoms with Crippen LogP contribution in [0.4, 0.5) is 0 Å². The molecule has 1 saturated heterocycles. The number of methoxy groups -OCH3 is 1. The minimum atomic E-state index is -0.351. The van der Waals surface area contributed by atoms with Gasteiger partial charge in [0.25, 0.3) is 0 Å². The summed E-state index contributed by atoms with van der Waals surface area (Å²) in [6.45, 7) is 2.64. The predicted octanol–water partition coefficient (Wildman–Crippen LogP) is 1.35. The van der Waals surface area contributed by atoms with E-state index < -0.39 is 0 Å². The molecular formula is C17H24N2O3. The maximum absolute atomic E-state index is 12.3. The summed E-state index contributed by atoms with van der Waals surface area (Å²) in [6, 6.07) is 8.13. The van der Waals surface area contributed by atoms with Gasteiger partial charge in [0, 0.05) is 23.6 Å². The van der Waals surface area contributed by atoms with Crippen molar-refractivity contribution in [2.75, 3.05) is 13.7 Å². The van der Waals surface area contributed by atoms with Crippen LogP contribution in [0.25, 0.3) is 0 Å². The zero-order valence-corrected chi connectivity index (χ0v) is 13.2. The van der Waals surface area contributed by atoms with E-state index in [0.29, 0.717) is 6.54 Å². The van der Waals surface area contributed by atoms with Crippen LogP contribution in [0.2, 0.25) is 0 Å². The average Bonchev–Trinajstić information content (AvgIpc) is 2.99. The summed E-state index contributed by atoms with van der Waals surface area (Å²) in [5.41, 5.74) is 6.68. The summed E-state index contributed by atoms with van der Waals surface area (Å²) in [7, 11) is 1.68. The van der Waals surface area contributed by atoms with Crippen LogP contribution in [-0.4, -0.2) is 37.8 Å². The highest BCUT2D eigenvalue weighted by atomic mass is 16.5. The topological polar surface area (TPSA) is 73.6 Å². The quantitative estimate of drug-likeness (QED) is 0.861. The lowest BCUT2D eigenvalue weighted by atomic mass is 9.96. The summed E-state index contributed by atoms with van der Waals surface area (Å²) >= 11 is 0. The van der Waals surface area contributed by atoms with E-state index in [4.69, 9.17) is 15.2 Å². The molecule has 22 heavy (non-hydrogen) atoms. The molecule has 2 unspecified atom stereocenters. The fourth-order valence-corrected chi connectivity index (χ4v) is 3.33. The van der Waals surface area contributed by atoms with Gasteiger partial charge < -0.3 is 20.5 Å². The Morgan fingerprint density at radius 1 is 1.45 bits per heavy atom. The van der Waals surface area contributed by atoms with E-state index >= 15 is 0 Å². The van der Waals surface area contributed by atoms with Gasteiger partial charge in [0.15, 0.2) is 0 Å². The first-order valence-electron chi connectivity index (χ1n) is 7.88. The van der Waals surface area contributed by atoms with Gasteiger partial charge in [-0.3, -0.25) is 4.79 Å². The van der Waals surface area contributed by atoms with Crippen LogP contribution in [0, 0.1) is 0 Å². The second kappa shape index (κ2) is 5.89. The zero-order valence-electron chi connectivity index (χ0n) is 13.2. The van der Waals surface area contributed by atoms with E-state index in [2.05, 4.69) is 18.3 Å². The molecule has 5 nitrogen and oxygen atoms in total. The van der Waals surface area contributed by atoms with E-state index in [1.54, 1.807) is 7.11 Å². The molecular weight excluding hydrogens is 280 g/mol. The van der Waals surface area contributed by atoms with Gasteiger partial charge in [0.1, 0.15) is 11.9 Å². The monoisotopic (exact) mass is 304 g/mol. The number of carbonyl (C=O) groups is 1. The van der Waals surface area contributed by atoms with E-state index in [1.807, 2.05) is 18.2 Å². The van der Waals surface area contributed by atoms with Gasteiger partial charge in [-0.2, -0.15) is 0 Å². The Labute approximate surface area is 131 Å². The van der Waals surface area contributed by atoms with Crippen molar-refractivity contribution >= 4 is 5.91 Å². The minimum Gasteiger partial charge on any atom is -0.496 e. The van der Waals surface area contributed by atoms with Crippen LogP contribution in [0.1, 0.15) is 31.7 Å². The van der Waals surface area contributed by atoms with Crippen LogP contribution < -0.4 is 15.8 Å². The van der Waals surface area contributed by atoms with Gasteiger partial charge in [-0.15, -0.1) is 0 Å². The van der Waals surface area contributed by atoms with Gasteiger partial charge in [-0.25, -0.2) is 0 Å². The van der Waals surface area contributed by atoms with Crippen molar-refractivity contribution in [3.63, 3.8) is 0 Å². The molecule has 2 aliphatic rings. The molecule has 1 aliphatic heterocycles. The van der Waals surface area contributed by atoms with Gasteiger partial charge >= 0.3 is 0 Å². The van der Waals surface area contributed by atoms with Gasteiger partial charge in [-0.1, -0.05) is 25.1 Å². The lowest BCUT2D eigenvalue weighted by Gasteiger charge is -2.18. The molecule has 0 radical (unpaired) electrons. The Morgan fingerprint density at radius 3 is 2.91 bits per heavy atom. The molecule has 1 amide bonds. The van der Waals surface area contributed by atoms with Crippen molar-refractivity contribution < 1.29 is 14.3 Å². The number of nitrogens with two attached hydrogens (primary N) is 1. The van der Waals surface area contributed by atoms with Gasteiger partial charge in [0.05, 0.1) is 13.2 Å². The van der Waals surface area contributed by atoms with Crippen LogP contribution in [0.3, 0.4) is 0 Å². The molecule has 3 N–H and O–H groups in total. The van der Waals surface area contributed by atoms with Gasteiger partial charge in [0.2, 0.25) is 5.91 Å². The SMILES string of the molecule is COc1ccccc1C1(C)CC1NC(=O)[C@@H]1CC[C@H](CN)O1. The van der Waals surface area contributed by atoms with E-state index in [-0.39, 0.29) is 29.6 Å². The lowest BCUT2D eigenvalue weighted by Crippen LogP contribution is -2.38. The van der Waals surface area contributed by atoms with Crippen LogP contribution >= 0.6 is 0 Å². The highest BCUT2D eigenvalue weighted by Crippen LogP contribution is 2.51. The predicted molar refractivity (Wildman–Crippen MR) is 83.8 cm³/mol. The second-order valence-electron chi connectivity index (χ2n) is 6.44. The molecule has 0 bridgehead atoms. The van der Waals surface area contributed by atoms with Crippen molar-refractivity contribution in [1.29, 1.82) is 0 Å². The standard InChI is InChI=1S/C17H24N2O3/c1-17(12-5-3-4-6-13(12)21-2)9-15(17)19-16(20)14-8-7-11(10-18)22-14/h3-6,11,14-15H,7-10,18H2,1-2H3,(H,19,20)/t11-,14+,15?,17?/m1/s1. The van der Waals surface area contributed by atoms with E-state index in [9.17, 15) is 4.79 Å². The Balaban J connectivity index is 1.63. The fraction of sp³-hybridized carbons (Fsp3) is 0.588. The second-order valence-corrected chi connectivity index (χ2v) is 6.44. The number of carbonyl (C=O) groups excluding carboxylic acids is 1. The number of amides is 1. The van der Waals surface area contributed by atoms with Crippen molar-refractivity contribution in [3.05, 3.63) is 29.8 Å². The normalized spacial score (nSPS) is 33.5. The van der Waals surface area contributed by atoms with Crippen LogP contribution in [-0.2, 0) is 14.9 Å². The number of rotatable bonds is 5. The smallest absolute Gasteiger partial charge is 0.249 e. The summed E-state index contributed by atoms with van der Waals surface area (Å²) in [4.78, 5) is 12.3. The van der Waals surface area contributed by atoms with Crippen LogP contribution in [0.5, 0.6) is 5.75 Å². The van der Waals surface area contributed by atoms with Gasteiger partial charge in [-0.05, 0) is 25.3 Å². The fourth-order valence-electron chi connectivity index (χ4n) is 3.33. The first kappa shape index (κ1) is 15.3. The molecule has 3 rings (SSSR count). The minimum absolute atomic E-state index is 0.0143. The summed E-state index contributed by atoms with van der Waals surface area (Å²) in [5, 5.41) is 3.12. The molecule has 1 aromatic carbocycles. The first-order chi connectivity index (χ1) is 10.6. The van der Waals surface area contributed by atoms with Crippen molar-refractivity contribution in [2.24, 2.45) is 5.73 Å². The van der Waals surface area contributed by atoms with Crippen molar-refractivity contribution in [2.45, 2.75) is 49.9 Å². The third kappa shape index (κ3) is 2.71. The largest absolute Gasteiger partial charge is 0.496 e. The maximum Gasteiger partial charge on any atom is 0.249 e. The molecule has 0 aromatic heterocycles. The highest BCUT2D eigenvalue weighted by Gasteiger charge is 2.54. The third-order valence-corrected chi connectivity index (χ3v) is 4.94. The molecule has 1 aliphatic carbocycles. The Hall–Kier alpha value is -1.59. The van der Waals surface area contributed by atoms with E-state index in [1.165, 1.54) is 0 Å². The third-order valence-electron chi connectivity index (χ3n) is 4.94. The first-order valence-corrected chi connectivity index (χ1v) is 7.88. The number of hydrogen-bond donors (Lipinski definition) is 2. The number of ether oxygens (including phenoxy) is 2. The molecule has 2 fully saturated rings. The average molecular weight is 304 g/mol. The molecule has 0 spiro atoms. The number of nitrogens with one attached hydrogen (secondary N) is 1. The Morgan fingerprint density at radius 2 is 2.23 bits per heavy atom. The molecule has 120 valence electrons. The number of para-hydroxylation sites is 1. The lowest BCUT2D eigenvalue weighted by molar-refractivity contribution is -0.132. The summed E-state index contributed by atoms with van der Waals surface area (Å²) < 4.78 is 11.1. The summed E-state index contributed by atoms with van der Waals surface area (Å²) in [6.07, 6.45) is 2.22. The van der Waals surface area contributed by atoms with Crippen LogP contribution in [0.15, 0.2) is 24.3 Å². The number of hydrogen-bond acceptors (Lipinski definition) is 4. The molecule has 1 aromatic rings. The molecule has 5 heteroatoms. The molecule has 1 saturated carbocycles. The number of benzene rings is 1. The zero-order chi connectivity index (χ0) is 15.7.